The molecule has 1 fully saturated rings. The first-order chi connectivity index (χ1) is 11.1. The van der Waals surface area contributed by atoms with Crippen molar-refractivity contribution in [2.24, 2.45) is 10.2 Å². The number of rotatable bonds is 4. The van der Waals surface area contributed by atoms with E-state index in [2.05, 4.69) is 15.5 Å². The van der Waals surface area contributed by atoms with Gasteiger partial charge >= 0.3 is 0 Å². The highest BCUT2D eigenvalue weighted by Gasteiger charge is 2.30. The predicted octanol–water partition coefficient (Wildman–Crippen LogP) is 3.75. The zero-order valence-corrected chi connectivity index (χ0v) is 14.0. The van der Waals surface area contributed by atoms with Gasteiger partial charge in [0.2, 0.25) is 5.91 Å². The fourth-order valence-corrected chi connectivity index (χ4v) is 3.26. The van der Waals surface area contributed by atoms with Gasteiger partial charge in [0.25, 0.3) is 0 Å². The minimum atomic E-state index is -0.273. The Labute approximate surface area is 146 Å². The predicted molar refractivity (Wildman–Crippen MR) is 93.4 cm³/mol. The molecule has 3 rings (SSSR count). The van der Waals surface area contributed by atoms with Gasteiger partial charge in [-0.3, -0.25) is 4.79 Å². The van der Waals surface area contributed by atoms with Crippen LogP contribution in [0.25, 0.3) is 0 Å². The van der Waals surface area contributed by atoms with Crippen LogP contribution in [0, 0.1) is 0 Å². The van der Waals surface area contributed by atoms with Gasteiger partial charge in [-0.05, 0) is 36.2 Å². The molecule has 1 saturated heterocycles. The van der Waals surface area contributed by atoms with Crippen molar-refractivity contribution in [1.29, 1.82) is 0 Å². The molecule has 0 saturated carbocycles. The van der Waals surface area contributed by atoms with Gasteiger partial charge in [-0.1, -0.05) is 41.0 Å². The molecule has 2 aromatic rings. The maximum atomic E-state index is 12.0. The molecule has 1 atom stereocenters. The molecule has 8 heteroatoms. The Kier molecular flexibility index (Phi) is 5.05. The van der Waals surface area contributed by atoms with E-state index in [1.807, 2.05) is 6.07 Å². The Morgan fingerprint density at radius 2 is 2.17 bits per heavy atom. The van der Waals surface area contributed by atoms with E-state index in [0.29, 0.717) is 27.4 Å². The number of amidine groups is 1. The number of nitrogens with zero attached hydrogens (tertiary/aromatic N) is 2. The highest BCUT2D eigenvalue weighted by Crippen LogP contribution is 2.27. The summed E-state index contributed by atoms with van der Waals surface area (Å²) in [6.45, 7) is 0. The fraction of sp³-hybridized carbons (Fsp3) is 0.133. The highest BCUT2D eigenvalue weighted by atomic mass is 35.5. The first kappa shape index (κ1) is 16.1. The molecule has 1 unspecified atom stereocenters. The molecule has 1 aliphatic rings. The fourth-order valence-electron chi connectivity index (χ4n) is 1.97. The van der Waals surface area contributed by atoms with Gasteiger partial charge in [0, 0.05) is 0 Å². The van der Waals surface area contributed by atoms with E-state index in [1.165, 1.54) is 18.0 Å². The third-order valence-corrected chi connectivity index (χ3v) is 4.87. The molecule has 1 aromatic carbocycles. The van der Waals surface area contributed by atoms with Crippen molar-refractivity contribution in [2.45, 2.75) is 11.7 Å². The lowest BCUT2D eigenvalue weighted by molar-refractivity contribution is -0.118. The number of halogens is 2. The molecule has 0 aliphatic carbocycles. The molecule has 1 aromatic heterocycles. The zero-order valence-electron chi connectivity index (χ0n) is 11.7. The van der Waals surface area contributed by atoms with Crippen LogP contribution in [0.4, 0.5) is 0 Å². The number of nitrogens with one attached hydrogen (secondary N) is 1. The number of furan rings is 1. The van der Waals surface area contributed by atoms with Crippen LogP contribution in [-0.2, 0) is 11.2 Å². The number of hydrogen-bond donors (Lipinski definition) is 1. The number of hydrogen-bond acceptors (Lipinski definition) is 5. The van der Waals surface area contributed by atoms with Crippen LogP contribution in [0.1, 0.15) is 11.3 Å². The normalized spacial score (nSPS) is 19.7. The second kappa shape index (κ2) is 7.21. The van der Waals surface area contributed by atoms with Crippen molar-refractivity contribution in [1.82, 2.24) is 5.32 Å². The van der Waals surface area contributed by atoms with Crippen molar-refractivity contribution in [2.75, 3.05) is 0 Å². The van der Waals surface area contributed by atoms with Crippen LogP contribution in [-0.4, -0.2) is 22.5 Å². The topological polar surface area (TPSA) is 67.0 Å². The summed E-state index contributed by atoms with van der Waals surface area (Å²) in [7, 11) is 0. The number of benzene rings is 1. The Morgan fingerprint density at radius 3 is 2.91 bits per heavy atom. The summed E-state index contributed by atoms with van der Waals surface area (Å²) in [5.41, 5.74) is 0.937. The monoisotopic (exact) mass is 367 g/mol. The second-order valence-corrected chi connectivity index (χ2v) is 6.72. The van der Waals surface area contributed by atoms with Gasteiger partial charge in [-0.25, -0.2) is 0 Å². The number of thioether (sulfide) groups is 1. The molecule has 1 aliphatic heterocycles. The number of amides is 1. The molecule has 118 valence electrons. The summed E-state index contributed by atoms with van der Waals surface area (Å²) >= 11 is 13.2. The van der Waals surface area contributed by atoms with Crippen molar-refractivity contribution < 1.29 is 9.21 Å². The van der Waals surface area contributed by atoms with Crippen LogP contribution >= 0.6 is 35.0 Å². The summed E-state index contributed by atoms with van der Waals surface area (Å²) < 4.78 is 5.10. The SMILES string of the molecule is O=C1NC(=N/N=C/c2ccco2)SC1Cc1ccc(Cl)c(Cl)c1. The van der Waals surface area contributed by atoms with Crippen molar-refractivity contribution in [3.8, 4) is 0 Å². The second-order valence-electron chi connectivity index (χ2n) is 4.71. The van der Waals surface area contributed by atoms with E-state index in [9.17, 15) is 4.79 Å². The summed E-state index contributed by atoms with van der Waals surface area (Å²) in [5.74, 6) is 0.490. The first-order valence-corrected chi connectivity index (χ1v) is 8.31. The highest BCUT2D eigenvalue weighted by molar-refractivity contribution is 8.15. The van der Waals surface area contributed by atoms with Crippen LogP contribution in [0.5, 0.6) is 0 Å². The molecule has 0 spiro atoms. The molecule has 0 radical (unpaired) electrons. The maximum absolute atomic E-state index is 12.0. The van der Waals surface area contributed by atoms with Crippen molar-refractivity contribution >= 4 is 52.3 Å². The van der Waals surface area contributed by atoms with Crippen LogP contribution in [0.15, 0.2) is 51.2 Å². The largest absolute Gasteiger partial charge is 0.463 e. The van der Waals surface area contributed by atoms with Crippen molar-refractivity contribution in [3.05, 3.63) is 58.0 Å². The molecule has 23 heavy (non-hydrogen) atoms. The molecular weight excluding hydrogens is 357 g/mol. The Hall–Kier alpha value is -1.76. The average Bonchev–Trinajstić information content (AvgIpc) is 3.14. The third kappa shape index (κ3) is 4.16. The Morgan fingerprint density at radius 1 is 1.30 bits per heavy atom. The summed E-state index contributed by atoms with van der Waals surface area (Å²) in [6, 6.07) is 8.86. The Bertz CT molecular complexity index is 775. The van der Waals surface area contributed by atoms with Crippen molar-refractivity contribution in [3.63, 3.8) is 0 Å². The Balaban J connectivity index is 1.64. The van der Waals surface area contributed by atoms with E-state index >= 15 is 0 Å². The van der Waals surface area contributed by atoms with Crippen LogP contribution in [0.3, 0.4) is 0 Å². The van der Waals surface area contributed by atoms with Gasteiger partial charge in [-0.2, -0.15) is 5.10 Å². The molecule has 1 amide bonds. The molecule has 0 bridgehead atoms. The quantitative estimate of drug-likeness (QED) is 0.660. The molecular formula is C15H11Cl2N3O2S. The average molecular weight is 368 g/mol. The molecule has 1 N–H and O–H groups in total. The van der Waals surface area contributed by atoms with Gasteiger partial charge in [0.05, 0.1) is 27.8 Å². The minimum absolute atomic E-state index is 0.104. The van der Waals surface area contributed by atoms with Gasteiger partial charge in [-0.15, -0.1) is 5.10 Å². The standard InChI is InChI=1S/C15H11Cl2N3O2S/c16-11-4-3-9(6-12(11)17)7-13-14(21)19-15(23-13)20-18-8-10-2-1-5-22-10/h1-6,8,13H,7H2,(H,19,20,21)/b18-8+. The summed E-state index contributed by atoms with van der Waals surface area (Å²) in [5, 5.41) is 11.7. The van der Waals surface area contributed by atoms with Gasteiger partial charge in [0.15, 0.2) is 5.17 Å². The summed E-state index contributed by atoms with van der Waals surface area (Å²) in [6.07, 6.45) is 3.56. The lowest BCUT2D eigenvalue weighted by atomic mass is 10.1. The van der Waals surface area contributed by atoms with Gasteiger partial charge < -0.3 is 9.73 Å². The zero-order chi connectivity index (χ0) is 16.2. The van der Waals surface area contributed by atoms with E-state index in [0.717, 1.165) is 5.56 Å². The third-order valence-electron chi connectivity index (χ3n) is 3.06. The van der Waals surface area contributed by atoms with E-state index in [4.69, 9.17) is 27.6 Å². The van der Waals surface area contributed by atoms with Crippen LogP contribution in [0.2, 0.25) is 10.0 Å². The summed E-state index contributed by atoms with van der Waals surface area (Å²) in [4.78, 5) is 12.0. The smallest absolute Gasteiger partial charge is 0.239 e. The van der Waals surface area contributed by atoms with Crippen LogP contribution < -0.4 is 5.32 Å². The number of carbonyl (C=O) groups excluding carboxylic acids is 1. The molecule has 5 nitrogen and oxygen atoms in total. The first-order valence-electron chi connectivity index (χ1n) is 6.68. The lowest BCUT2D eigenvalue weighted by Gasteiger charge is -2.06. The van der Waals surface area contributed by atoms with E-state index in [1.54, 1.807) is 30.5 Å². The van der Waals surface area contributed by atoms with Gasteiger partial charge in [0.1, 0.15) is 5.76 Å². The molecule has 2 heterocycles. The lowest BCUT2D eigenvalue weighted by Crippen LogP contribution is -2.25. The maximum Gasteiger partial charge on any atom is 0.239 e. The van der Waals surface area contributed by atoms with E-state index < -0.39 is 0 Å². The minimum Gasteiger partial charge on any atom is -0.463 e. The number of carbonyl (C=O) groups is 1. The van der Waals surface area contributed by atoms with E-state index in [-0.39, 0.29) is 11.2 Å².